The molecule has 4 nitrogen and oxygen atoms in total. The fraction of sp³-hybridized carbons (Fsp3) is 0.762. The van der Waals surface area contributed by atoms with Crippen LogP contribution in [0.15, 0.2) is 22.5 Å². The van der Waals surface area contributed by atoms with Crippen molar-refractivity contribution in [2.75, 3.05) is 45.8 Å². The van der Waals surface area contributed by atoms with Crippen molar-refractivity contribution >= 4 is 17.3 Å². The summed E-state index contributed by atoms with van der Waals surface area (Å²) in [6.45, 7) is 12.6. The number of guanidine groups is 1. The van der Waals surface area contributed by atoms with E-state index in [1.165, 1.54) is 56.7 Å². The van der Waals surface area contributed by atoms with E-state index in [-0.39, 0.29) is 0 Å². The van der Waals surface area contributed by atoms with Crippen LogP contribution < -0.4 is 5.32 Å². The minimum Gasteiger partial charge on any atom is -0.357 e. The van der Waals surface area contributed by atoms with Crippen LogP contribution in [0.4, 0.5) is 0 Å². The predicted molar refractivity (Wildman–Crippen MR) is 113 cm³/mol. The molecule has 0 amide bonds. The van der Waals surface area contributed by atoms with Crippen molar-refractivity contribution in [3.8, 4) is 0 Å². The van der Waals surface area contributed by atoms with Crippen LogP contribution in [0.25, 0.3) is 0 Å². The highest BCUT2D eigenvalue weighted by molar-refractivity contribution is 7.09. The summed E-state index contributed by atoms with van der Waals surface area (Å²) in [5.41, 5.74) is 0. The topological polar surface area (TPSA) is 30.9 Å². The van der Waals surface area contributed by atoms with E-state index in [0.29, 0.717) is 5.92 Å². The number of piperidine rings is 1. The van der Waals surface area contributed by atoms with E-state index in [1.54, 1.807) is 0 Å². The Hall–Kier alpha value is -1.07. The highest BCUT2D eigenvalue weighted by Gasteiger charge is 2.27. The Labute approximate surface area is 163 Å². The summed E-state index contributed by atoms with van der Waals surface area (Å²) < 4.78 is 0. The lowest BCUT2D eigenvalue weighted by atomic mass is 10.1. The maximum atomic E-state index is 4.98. The van der Waals surface area contributed by atoms with Crippen LogP contribution in [0.1, 0.15) is 44.4 Å². The molecule has 0 saturated carbocycles. The Morgan fingerprint density at radius 2 is 2.15 bits per heavy atom. The first kappa shape index (κ1) is 19.7. The molecule has 0 bridgehead atoms. The number of nitrogens with zero attached hydrogens (tertiary/aromatic N) is 3. The molecular weight excluding hydrogens is 340 g/mol. The molecule has 3 heterocycles. The number of rotatable bonds is 7. The molecule has 1 aromatic heterocycles. The third-order valence-electron chi connectivity index (χ3n) is 5.57. The molecule has 2 aliphatic heterocycles. The molecule has 0 aromatic carbocycles. The van der Waals surface area contributed by atoms with E-state index in [2.05, 4.69) is 46.5 Å². The second kappa shape index (κ2) is 10.3. The van der Waals surface area contributed by atoms with E-state index in [4.69, 9.17) is 4.99 Å². The first-order chi connectivity index (χ1) is 12.7. The second-order valence-electron chi connectivity index (χ2n) is 8.05. The first-order valence-corrected chi connectivity index (χ1v) is 11.4. The van der Waals surface area contributed by atoms with Crippen LogP contribution >= 0.6 is 11.3 Å². The summed E-state index contributed by atoms with van der Waals surface area (Å²) in [7, 11) is 0. The zero-order valence-corrected chi connectivity index (χ0v) is 17.4. The maximum absolute atomic E-state index is 4.98. The maximum Gasteiger partial charge on any atom is 0.193 e. The number of aliphatic imine (C=N–C) groups is 1. The van der Waals surface area contributed by atoms with Gasteiger partial charge in [0.2, 0.25) is 0 Å². The van der Waals surface area contributed by atoms with Gasteiger partial charge in [-0.3, -0.25) is 4.99 Å². The number of likely N-dealkylation sites (tertiary alicyclic amines) is 2. The smallest absolute Gasteiger partial charge is 0.193 e. The van der Waals surface area contributed by atoms with Gasteiger partial charge in [0.15, 0.2) is 5.96 Å². The lowest BCUT2D eigenvalue weighted by Gasteiger charge is -2.29. The van der Waals surface area contributed by atoms with Crippen molar-refractivity contribution < 1.29 is 0 Å². The Bertz CT molecular complexity index is 536. The number of thiophene rings is 1. The van der Waals surface area contributed by atoms with Gasteiger partial charge in [-0.05, 0) is 69.0 Å². The minimum atomic E-state index is 0.592. The molecule has 5 heteroatoms. The van der Waals surface area contributed by atoms with Crippen molar-refractivity contribution in [3.05, 3.63) is 22.4 Å². The van der Waals surface area contributed by atoms with Crippen molar-refractivity contribution in [1.29, 1.82) is 0 Å². The molecule has 2 saturated heterocycles. The van der Waals surface area contributed by atoms with Crippen LogP contribution in [-0.4, -0.2) is 61.6 Å². The molecule has 26 heavy (non-hydrogen) atoms. The summed E-state index contributed by atoms with van der Waals surface area (Å²) in [6, 6.07) is 4.38. The Kier molecular flexibility index (Phi) is 7.81. The van der Waals surface area contributed by atoms with Crippen molar-refractivity contribution in [2.45, 2.75) is 46.0 Å². The quantitative estimate of drug-likeness (QED) is 0.581. The fourth-order valence-electron chi connectivity index (χ4n) is 4.19. The van der Waals surface area contributed by atoms with E-state index >= 15 is 0 Å². The van der Waals surface area contributed by atoms with Gasteiger partial charge < -0.3 is 15.1 Å². The summed E-state index contributed by atoms with van der Waals surface area (Å²) in [5, 5.41) is 5.70. The van der Waals surface area contributed by atoms with Crippen LogP contribution in [0.2, 0.25) is 0 Å². The SMILES string of the molecule is CCNC(=NCC(C)Cc1cccs1)N1CCC(CN2CCCCC2)C1. The first-order valence-electron chi connectivity index (χ1n) is 10.5. The molecular formula is C21H36N4S. The fourth-order valence-corrected chi connectivity index (χ4v) is 5.06. The van der Waals surface area contributed by atoms with Crippen molar-refractivity contribution in [1.82, 2.24) is 15.1 Å². The predicted octanol–water partition coefficient (Wildman–Crippen LogP) is 3.70. The van der Waals surface area contributed by atoms with Gasteiger partial charge in [-0.2, -0.15) is 0 Å². The van der Waals surface area contributed by atoms with Crippen molar-refractivity contribution in [2.24, 2.45) is 16.8 Å². The molecule has 2 unspecified atom stereocenters. The van der Waals surface area contributed by atoms with Crippen LogP contribution in [0, 0.1) is 11.8 Å². The van der Waals surface area contributed by atoms with Gasteiger partial charge in [-0.1, -0.05) is 19.4 Å². The lowest BCUT2D eigenvalue weighted by Crippen LogP contribution is -2.41. The third kappa shape index (κ3) is 5.98. The van der Waals surface area contributed by atoms with Crippen molar-refractivity contribution in [3.63, 3.8) is 0 Å². The summed E-state index contributed by atoms with van der Waals surface area (Å²) in [5.74, 6) is 2.53. The number of hydrogen-bond donors (Lipinski definition) is 1. The molecule has 2 fully saturated rings. The lowest BCUT2D eigenvalue weighted by molar-refractivity contribution is 0.198. The van der Waals surface area contributed by atoms with E-state index in [9.17, 15) is 0 Å². The number of hydrogen-bond acceptors (Lipinski definition) is 3. The average Bonchev–Trinajstić information content (AvgIpc) is 3.32. The Morgan fingerprint density at radius 1 is 1.31 bits per heavy atom. The molecule has 0 radical (unpaired) electrons. The highest BCUT2D eigenvalue weighted by Crippen LogP contribution is 2.20. The molecule has 2 atom stereocenters. The third-order valence-corrected chi connectivity index (χ3v) is 6.47. The van der Waals surface area contributed by atoms with Gasteiger partial charge in [-0.15, -0.1) is 11.3 Å². The highest BCUT2D eigenvalue weighted by atomic mass is 32.1. The average molecular weight is 377 g/mol. The molecule has 146 valence electrons. The number of nitrogens with one attached hydrogen (secondary N) is 1. The van der Waals surface area contributed by atoms with Crippen LogP contribution in [0.5, 0.6) is 0 Å². The zero-order valence-electron chi connectivity index (χ0n) is 16.6. The van der Waals surface area contributed by atoms with Gasteiger partial charge in [0.25, 0.3) is 0 Å². The van der Waals surface area contributed by atoms with Gasteiger partial charge in [0.05, 0.1) is 0 Å². The van der Waals surface area contributed by atoms with Gasteiger partial charge in [0.1, 0.15) is 0 Å². The monoisotopic (exact) mass is 376 g/mol. The van der Waals surface area contributed by atoms with E-state index in [1.807, 2.05) is 11.3 Å². The molecule has 0 aliphatic carbocycles. The normalized spacial score (nSPS) is 23.4. The largest absolute Gasteiger partial charge is 0.357 e. The van der Waals surface area contributed by atoms with E-state index < -0.39 is 0 Å². The summed E-state index contributed by atoms with van der Waals surface area (Å²) in [6.07, 6.45) is 6.66. The van der Waals surface area contributed by atoms with Gasteiger partial charge in [-0.25, -0.2) is 0 Å². The Morgan fingerprint density at radius 3 is 2.88 bits per heavy atom. The van der Waals surface area contributed by atoms with Crippen LogP contribution in [0.3, 0.4) is 0 Å². The zero-order chi connectivity index (χ0) is 18.2. The standard InChI is InChI=1S/C21H36N4S/c1-3-22-21(23-15-18(2)14-20-8-7-13-26-20)25-12-9-19(17-25)16-24-10-5-4-6-11-24/h7-8,13,18-19H,3-6,9-12,14-17H2,1-2H3,(H,22,23). The molecule has 1 aromatic rings. The minimum absolute atomic E-state index is 0.592. The molecule has 2 aliphatic rings. The Balaban J connectivity index is 1.48. The molecule has 1 N–H and O–H groups in total. The van der Waals surface area contributed by atoms with Gasteiger partial charge in [0, 0.05) is 37.6 Å². The second-order valence-corrected chi connectivity index (χ2v) is 9.08. The molecule has 3 rings (SSSR count). The van der Waals surface area contributed by atoms with Gasteiger partial charge >= 0.3 is 0 Å². The molecule has 0 spiro atoms. The summed E-state index contributed by atoms with van der Waals surface area (Å²) >= 11 is 1.86. The van der Waals surface area contributed by atoms with Crippen LogP contribution in [-0.2, 0) is 6.42 Å². The summed E-state index contributed by atoms with van der Waals surface area (Å²) in [4.78, 5) is 11.6. The van der Waals surface area contributed by atoms with E-state index in [0.717, 1.165) is 37.9 Å².